The van der Waals surface area contributed by atoms with Crippen LogP contribution in [0.4, 0.5) is 5.69 Å². The standard InChI is InChI=1S/C20H15ClN2O6/c21-12-5-6-15-14(10-12)18(25)16-17(11-3-1-4-13(9-11)23(27)28)22(7-2-8-24)20(26)19(16)29-15/h1,3-6,9-10,17,24H,2,7-8H2. The van der Waals surface area contributed by atoms with Gasteiger partial charge in [-0.25, -0.2) is 0 Å². The molecule has 0 bridgehead atoms. The molecule has 0 saturated heterocycles. The predicted octanol–water partition coefficient (Wildman–Crippen LogP) is 3.28. The van der Waals surface area contributed by atoms with Crippen LogP contribution in [0, 0.1) is 10.1 Å². The van der Waals surface area contributed by atoms with Crippen molar-refractivity contribution in [1.29, 1.82) is 0 Å². The zero-order valence-electron chi connectivity index (χ0n) is 15.0. The van der Waals surface area contributed by atoms with Gasteiger partial charge in [-0.3, -0.25) is 19.7 Å². The van der Waals surface area contributed by atoms with Gasteiger partial charge in [0, 0.05) is 30.3 Å². The van der Waals surface area contributed by atoms with E-state index in [4.69, 9.17) is 16.0 Å². The predicted molar refractivity (Wildman–Crippen MR) is 105 cm³/mol. The normalized spacial score (nSPS) is 15.7. The number of nitro benzene ring substituents is 1. The van der Waals surface area contributed by atoms with Crippen LogP contribution in [0.3, 0.4) is 0 Å². The number of hydrogen-bond acceptors (Lipinski definition) is 6. The lowest BCUT2D eigenvalue weighted by Gasteiger charge is -2.24. The highest BCUT2D eigenvalue weighted by Crippen LogP contribution is 2.39. The smallest absolute Gasteiger partial charge is 0.290 e. The highest BCUT2D eigenvalue weighted by atomic mass is 35.5. The van der Waals surface area contributed by atoms with Gasteiger partial charge in [-0.1, -0.05) is 23.7 Å². The molecule has 8 nitrogen and oxygen atoms in total. The number of aliphatic hydroxyl groups excluding tert-OH is 1. The number of nitrogens with zero attached hydrogens (tertiary/aromatic N) is 2. The van der Waals surface area contributed by atoms with Crippen molar-refractivity contribution in [3.05, 3.63) is 84.7 Å². The summed E-state index contributed by atoms with van der Waals surface area (Å²) in [5.41, 5.74) is 0.188. The third-order valence-corrected chi connectivity index (χ3v) is 5.12. The van der Waals surface area contributed by atoms with Gasteiger partial charge in [0.05, 0.1) is 21.9 Å². The fourth-order valence-electron chi connectivity index (χ4n) is 3.62. The lowest BCUT2D eigenvalue weighted by molar-refractivity contribution is -0.384. The van der Waals surface area contributed by atoms with Crippen molar-refractivity contribution in [1.82, 2.24) is 4.90 Å². The molecule has 1 amide bonds. The van der Waals surface area contributed by atoms with Crippen molar-refractivity contribution in [2.75, 3.05) is 13.2 Å². The summed E-state index contributed by atoms with van der Waals surface area (Å²) in [5.74, 6) is -0.599. The van der Waals surface area contributed by atoms with Crippen molar-refractivity contribution in [2.24, 2.45) is 0 Å². The average Bonchev–Trinajstić information content (AvgIpc) is 2.99. The first-order chi connectivity index (χ1) is 13.9. The maximum absolute atomic E-state index is 13.3. The van der Waals surface area contributed by atoms with Crippen LogP contribution in [0.1, 0.15) is 34.1 Å². The lowest BCUT2D eigenvalue weighted by atomic mass is 9.98. The zero-order chi connectivity index (χ0) is 20.7. The fraction of sp³-hybridized carbons (Fsp3) is 0.200. The molecular formula is C20H15ClN2O6. The van der Waals surface area contributed by atoms with Crippen LogP contribution in [0.25, 0.3) is 11.0 Å². The number of non-ortho nitro benzene ring substituents is 1. The Labute approximate surface area is 169 Å². The Balaban J connectivity index is 1.98. The molecule has 4 rings (SSSR count). The molecule has 0 radical (unpaired) electrons. The van der Waals surface area contributed by atoms with Gasteiger partial charge >= 0.3 is 0 Å². The number of hydrogen-bond donors (Lipinski definition) is 1. The average molecular weight is 415 g/mol. The highest BCUT2D eigenvalue weighted by molar-refractivity contribution is 6.31. The minimum Gasteiger partial charge on any atom is -0.450 e. The van der Waals surface area contributed by atoms with Gasteiger partial charge in [-0.2, -0.15) is 0 Å². The molecule has 1 aliphatic heterocycles. The van der Waals surface area contributed by atoms with E-state index in [0.717, 1.165) is 0 Å². The summed E-state index contributed by atoms with van der Waals surface area (Å²) in [6, 6.07) is 9.47. The van der Waals surface area contributed by atoms with Crippen LogP contribution in [0.2, 0.25) is 5.02 Å². The summed E-state index contributed by atoms with van der Waals surface area (Å²) in [7, 11) is 0. The van der Waals surface area contributed by atoms with Crippen LogP contribution >= 0.6 is 11.6 Å². The second-order valence-electron chi connectivity index (χ2n) is 6.64. The number of halogens is 1. The molecule has 0 spiro atoms. The number of carbonyl (C=O) groups excluding carboxylic acids is 1. The summed E-state index contributed by atoms with van der Waals surface area (Å²) < 4.78 is 5.75. The Morgan fingerprint density at radius 3 is 2.72 bits per heavy atom. The van der Waals surface area contributed by atoms with E-state index in [-0.39, 0.29) is 47.6 Å². The summed E-state index contributed by atoms with van der Waals surface area (Å²) >= 11 is 6.02. The molecule has 1 unspecified atom stereocenters. The lowest BCUT2D eigenvalue weighted by Crippen LogP contribution is -2.31. The van der Waals surface area contributed by atoms with Crippen molar-refractivity contribution < 1.29 is 19.2 Å². The molecule has 148 valence electrons. The van der Waals surface area contributed by atoms with E-state index >= 15 is 0 Å². The second-order valence-corrected chi connectivity index (χ2v) is 7.08. The molecule has 1 N–H and O–H groups in total. The van der Waals surface area contributed by atoms with Crippen LogP contribution in [-0.4, -0.2) is 34.0 Å². The van der Waals surface area contributed by atoms with Crippen LogP contribution in [0.15, 0.2) is 51.7 Å². The van der Waals surface area contributed by atoms with Crippen LogP contribution in [-0.2, 0) is 0 Å². The Hall–Kier alpha value is -3.23. The number of fused-ring (bicyclic) bond motifs is 2. The largest absolute Gasteiger partial charge is 0.450 e. The number of benzene rings is 2. The molecule has 2 aromatic carbocycles. The maximum atomic E-state index is 13.3. The van der Waals surface area contributed by atoms with E-state index in [9.17, 15) is 24.8 Å². The first-order valence-corrected chi connectivity index (χ1v) is 9.22. The topological polar surface area (TPSA) is 114 Å². The SMILES string of the molecule is O=C1c2oc3ccc(Cl)cc3c(=O)c2C(c2cccc([N+](=O)[O-])c2)N1CCCO. The van der Waals surface area contributed by atoms with E-state index in [0.29, 0.717) is 10.6 Å². The fourth-order valence-corrected chi connectivity index (χ4v) is 3.79. The summed E-state index contributed by atoms with van der Waals surface area (Å²) in [4.78, 5) is 38.3. The maximum Gasteiger partial charge on any atom is 0.290 e. The third kappa shape index (κ3) is 3.16. The molecule has 0 aliphatic carbocycles. The van der Waals surface area contributed by atoms with E-state index in [1.54, 1.807) is 12.1 Å². The molecule has 0 saturated carbocycles. The Morgan fingerprint density at radius 2 is 2.00 bits per heavy atom. The van der Waals surface area contributed by atoms with Crippen LogP contribution in [0.5, 0.6) is 0 Å². The highest BCUT2D eigenvalue weighted by Gasteiger charge is 2.42. The minimum absolute atomic E-state index is 0.0979. The Morgan fingerprint density at radius 1 is 1.21 bits per heavy atom. The molecule has 1 aliphatic rings. The number of carbonyl (C=O) groups is 1. The van der Waals surface area contributed by atoms with Gasteiger partial charge in [0.25, 0.3) is 11.6 Å². The van der Waals surface area contributed by atoms with Gasteiger partial charge in [0.1, 0.15) is 5.58 Å². The summed E-state index contributed by atoms with van der Waals surface area (Å²) in [5, 5.41) is 21.0. The van der Waals surface area contributed by atoms with E-state index < -0.39 is 22.3 Å². The summed E-state index contributed by atoms with van der Waals surface area (Å²) in [6.07, 6.45) is 0.282. The molecule has 2 heterocycles. The molecule has 3 aromatic rings. The van der Waals surface area contributed by atoms with E-state index in [2.05, 4.69) is 0 Å². The molecule has 1 atom stereocenters. The monoisotopic (exact) mass is 414 g/mol. The van der Waals surface area contributed by atoms with E-state index in [1.807, 2.05) is 0 Å². The van der Waals surface area contributed by atoms with Gasteiger partial charge in [0.2, 0.25) is 5.76 Å². The number of aliphatic hydroxyl groups is 1. The van der Waals surface area contributed by atoms with Gasteiger partial charge in [0.15, 0.2) is 5.43 Å². The summed E-state index contributed by atoms with van der Waals surface area (Å²) in [6.45, 7) is 0.00414. The molecule has 0 fully saturated rings. The molecular weight excluding hydrogens is 400 g/mol. The van der Waals surface area contributed by atoms with Gasteiger partial charge in [-0.15, -0.1) is 0 Å². The number of rotatable bonds is 5. The van der Waals surface area contributed by atoms with E-state index in [1.165, 1.54) is 35.2 Å². The Bertz CT molecular complexity index is 1210. The second kappa shape index (κ2) is 7.31. The number of amides is 1. The van der Waals surface area contributed by atoms with Crippen molar-refractivity contribution in [3.63, 3.8) is 0 Å². The van der Waals surface area contributed by atoms with Crippen LogP contribution < -0.4 is 5.43 Å². The first-order valence-electron chi connectivity index (χ1n) is 8.85. The van der Waals surface area contributed by atoms with Crippen molar-refractivity contribution in [2.45, 2.75) is 12.5 Å². The number of nitro groups is 1. The first kappa shape index (κ1) is 19.1. The molecule has 9 heteroatoms. The quantitative estimate of drug-likeness (QED) is 0.506. The minimum atomic E-state index is -0.858. The van der Waals surface area contributed by atoms with Crippen molar-refractivity contribution >= 4 is 34.2 Å². The Kier molecular flexibility index (Phi) is 4.81. The molecule has 29 heavy (non-hydrogen) atoms. The third-order valence-electron chi connectivity index (χ3n) is 4.88. The zero-order valence-corrected chi connectivity index (χ0v) is 15.8. The molecule has 1 aromatic heterocycles. The van der Waals surface area contributed by atoms with Gasteiger partial charge in [-0.05, 0) is 30.2 Å². The van der Waals surface area contributed by atoms with Gasteiger partial charge < -0.3 is 14.4 Å². The van der Waals surface area contributed by atoms with Crippen molar-refractivity contribution in [3.8, 4) is 0 Å².